The highest BCUT2D eigenvalue weighted by Crippen LogP contribution is 2.17. The number of carbonyl (C=O) groups is 2. The predicted octanol–water partition coefficient (Wildman–Crippen LogP) is 2.11. The number of thioether (sulfide) groups is 2. The van der Waals surface area contributed by atoms with Crippen LogP contribution in [0.1, 0.15) is 25.7 Å². The number of Topliss-reactive ketones (excluding diaryl/α,β-unsaturated/α-hetero) is 2. The predicted molar refractivity (Wildman–Crippen MR) is 75.0 cm³/mol. The Bertz CT molecular complexity index is 212. The van der Waals surface area contributed by atoms with Crippen molar-refractivity contribution in [1.82, 2.24) is 0 Å². The van der Waals surface area contributed by atoms with Crippen LogP contribution in [0.15, 0.2) is 0 Å². The monoisotopic (exact) mass is 292 g/mol. The van der Waals surface area contributed by atoms with Crippen LogP contribution in [0.2, 0.25) is 0 Å². The summed E-state index contributed by atoms with van der Waals surface area (Å²) in [7, 11) is 0. The molecule has 2 saturated heterocycles. The van der Waals surface area contributed by atoms with Gasteiger partial charge in [-0.2, -0.15) is 23.5 Å². The van der Waals surface area contributed by atoms with Crippen molar-refractivity contribution in [1.29, 1.82) is 0 Å². The Morgan fingerprint density at radius 1 is 0.778 bits per heavy atom. The zero-order valence-electron chi connectivity index (χ0n) is 10.5. The Morgan fingerprint density at radius 2 is 1.28 bits per heavy atom. The first-order valence-corrected chi connectivity index (χ1v) is 8.44. The number of ketones is 2. The molecule has 6 heteroatoms. The van der Waals surface area contributed by atoms with Crippen LogP contribution in [-0.2, 0) is 19.1 Å². The minimum Gasteiger partial charge on any atom is -0.355 e. The van der Waals surface area contributed by atoms with Gasteiger partial charge < -0.3 is 9.47 Å². The molecule has 0 spiro atoms. The summed E-state index contributed by atoms with van der Waals surface area (Å²) in [6.45, 7) is 1.37. The molecule has 2 aliphatic heterocycles. The van der Waals surface area contributed by atoms with Gasteiger partial charge in [-0.25, -0.2) is 0 Å². The Hall–Kier alpha value is -0.0400. The van der Waals surface area contributed by atoms with Crippen molar-refractivity contribution in [2.24, 2.45) is 0 Å². The molecule has 2 aliphatic rings. The Balaban J connectivity index is 0.000000180. The number of ether oxygens (including phenoxy) is 2. The van der Waals surface area contributed by atoms with Gasteiger partial charge in [-0.05, 0) is 0 Å². The Labute approximate surface area is 117 Å². The molecule has 0 amide bonds. The molecule has 0 aromatic carbocycles. The minimum absolute atomic E-state index is 0.231. The maximum absolute atomic E-state index is 10.8. The van der Waals surface area contributed by atoms with Gasteiger partial charge in [0.15, 0.2) is 0 Å². The van der Waals surface area contributed by atoms with Gasteiger partial charge in [-0.3, -0.25) is 9.59 Å². The van der Waals surface area contributed by atoms with E-state index in [2.05, 4.69) is 0 Å². The van der Waals surface area contributed by atoms with E-state index in [1.165, 1.54) is 5.08 Å². The van der Waals surface area contributed by atoms with Crippen molar-refractivity contribution in [3.8, 4) is 0 Å². The molecule has 2 rings (SSSR count). The van der Waals surface area contributed by atoms with E-state index in [1.807, 2.05) is 23.5 Å². The summed E-state index contributed by atoms with van der Waals surface area (Å²) in [6, 6.07) is 0. The average Bonchev–Trinajstić information content (AvgIpc) is 2.30. The van der Waals surface area contributed by atoms with Crippen molar-refractivity contribution in [2.45, 2.75) is 25.7 Å². The molecular formula is C12H20O4S2. The van der Waals surface area contributed by atoms with E-state index >= 15 is 0 Å². The van der Waals surface area contributed by atoms with E-state index in [-0.39, 0.29) is 5.78 Å². The highest BCUT2D eigenvalue weighted by Gasteiger charge is 2.05. The Kier molecular flexibility index (Phi) is 9.65. The third kappa shape index (κ3) is 8.97. The zero-order valence-corrected chi connectivity index (χ0v) is 12.2. The van der Waals surface area contributed by atoms with Crippen molar-refractivity contribution < 1.29 is 19.1 Å². The molecular weight excluding hydrogens is 272 g/mol. The SMILES string of the molecule is O=C1CCOCOCC1.O=C1CCSCSCC1. The largest absolute Gasteiger partial charge is 0.355 e. The standard InChI is InChI=1S/C6H10O3.C6H10OS2/c2*7-6-1-3-8-5-9-4-2-6/h2*1-5H2. The summed E-state index contributed by atoms with van der Waals surface area (Å²) in [5.41, 5.74) is 0. The molecule has 4 nitrogen and oxygen atoms in total. The summed E-state index contributed by atoms with van der Waals surface area (Å²) in [4.78, 5) is 21.5. The van der Waals surface area contributed by atoms with Gasteiger partial charge in [0.05, 0.1) is 13.2 Å². The summed E-state index contributed by atoms with van der Waals surface area (Å²) < 4.78 is 9.80. The van der Waals surface area contributed by atoms with E-state index in [9.17, 15) is 9.59 Å². The van der Waals surface area contributed by atoms with Crippen LogP contribution < -0.4 is 0 Å². The normalized spacial score (nSPS) is 22.9. The molecule has 0 N–H and O–H groups in total. The van der Waals surface area contributed by atoms with E-state index in [0.717, 1.165) is 24.3 Å². The number of hydrogen-bond donors (Lipinski definition) is 0. The zero-order chi connectivity index (χ0) is 13.1. The van der Waals surface area contributed by atoms with Crippen molar-refractivity contribution in [3.63, 3.8) is 0 Å². The van der Waals surface area contributed by atoms with Crippen LogP contribution in [0.4, 0.5) is 0 Å². The highest BCUT2D eigenvalue weighted by atomic mass is 32.2. The lowest BCUT2D eigenvalue weighted by Gasteiger charge is -2.08. The van der Waals surface area contributed by atoms with Crippen LogP contribution in [0.5, 0.6) is 0 Å². The molecule has 104 valence electrons. The number of carbonyl (C=O) groups excluding carboxylic acids is 2. The topological polar surface area (TPSA) is 52.6 Å². The average molecular weight is 292 g/mol. The van der Waals surface area contributed by atoms with Crippen molar-refractivity contribution in [3.05, 3.63) is 0 Å². The Morgan fingerprint density at radius 3 is 1.83 bits per heavy atom. The van der Waals surface area contributed by atoms with Crippen LogP contribution >= 0.6 is 23.5 Å². The van der Waals surface area contributed by atoms with Gasteiger partial charge in [0.25, 0.3) is 0 Å². The third-order valence-electron chi connectivity index (χ3n) is 2.43. The molecule has 0 aromatic heterocycles. The fourth-order valence-corrected chi connectivity index (χ4v) is 3.51. The fourth-order valence-electron chi connectivity index (χ4n) is 1.35. The van der Waals surface area contributed by atoms with Gasteiger partial charge >= 0.3 is 0 Å². The molecule has 0 bridgehead atoms. The van der Waals surface area contributed by atoms with Crippen LogP contribution in [0, 0.1) is 0 Å². The van der Waals surface area contributed by atoms with Crippen LogP contribution in [-0.4, -0.2) is 48.2 Å². The lowest BCUT2D eigenvalue weighted by atomic mass is 10.2. The van der Waals surface area contributed by atoms with Gasteiger partial charge in [0.2, 0.25) is 0 Å². The quantitative estimate of drug-likeness (QED) is 0.681. The molecule has 0 radical (unpaired) electrons. The van der Waals surface area contributed by atoms with Gasteiger partial charge in [0.1, 0.15) is 18.4 Å². The molecule has 2 heterocycles. The van der Waals surface area contributed by atoms with E-state index < -0.39 is 0 Å². The van der Waals surface area contributed by atoms with Gasteiger partial charge in [-0.1, -0.05) is 0 Å². The summed E-state index contributed by atoms with van der Waals surface area (Å²) in [5.74, 6) is 2.74. The minimum atomic E-state index is 0.231. The van der Waals surface area contributed by atoms with Crippen LogP contribution in [0.25, 0.3) is 0 Å². The first-order chi connectivity index (χ1) is 8.79. The second kappa shape index (κ2) is 10.8. The van der Waals surface area contributed by atoms with E-state index in [0.29, 0.717) is 38.6 Å². The smallest absolute Gasteiger partial charge is 0.146 e. The molecule has 0 aromatic rings. The summed E-state index contributed by atoms with van der Waals surface area (Å²) >= 11 is 3.75. The molecule has 0 aliphatic carbocycles. The van der Waals surface area contributed by atoms with Crippen molar-refractivity contribution >= 4 is 35.1 Å². The van der Waals surface area contributed by atoms with E-state index in [4.69, 9.17) is 9.47 Å². The fraction of sp³-hybridized carbons (Fsp3) is 0.833. The first-order valence-electron chi connectivity index (χ1n) is 6.13. The maximum atomic E-state index is 10.8. The van der Waals surface area contributed by atoms with Gasteiger partial charge in [-0.15, -0.1) is 0 Å². The van der Waals surface area contributed by atoms with Gasteiger partial charge in [0, 0.05) is 42.3 Å². The lowest BCUT2D eigenvalue weighted by Crippen LogP contribution is -2.14. The third-order valence-corrected chi connectivity index (χ3v) is 4.75. The molecule has 2 fully saturated rings. The summed E-state index contributed by atoms with van der Waals surface area (Å²) in [5, 5.41) is 1.17. The first kappa shape index (κ1) is 16.0. The number of hydrogen-bond acceptors (Lipinski definition) is 6. The molecule has 0 atom stereocenters. The highest BCUT2D eigenvalue weighted by molar-refractivity contribution is 8.16. The second-order valence-corrected chi connectivity index (χ2v) is 6.52. The maximum Gasteiger partial charge on any atom is 0.146 e. The summed E-state index contributed by atoms with van der Waals surface area (Å²) in [6.07, 6.45) is 2.68. The number of rotatable bonds is 0. The van der Waals surface area contributed by atoms with E-state index in [1.54, 1.807) is 0 Å². The van der Waals surface area contributed by atoms with Crippen LogP contribution in [0.3, 0.4) is 0 Å². The molecule has 18 heavy (non-hydrogen) atoms. The molecule has 0 unspecified atom stereocenters. The molecule has 0 saturated carbocycles. The van der Waals surface area contributed by atoms with Crippen molar-refractivity contribution in [2.75, 3.05) is 36.6 Å². The second-order valence-electron chi connectivity index (χ2n) is 3.95. The lowest BCUT2D eigenvalue weighted by molar-refractivity contribution is -0.128.